The van der Waals surface area contributed by atoms with Gasteiger partial charge in [0.05, 0.1) is 0 Å². The highest BCUT2D eigenvalue weighted by atomic mass is 16.1. The maximum atomic E-state index is 10.9. The van der Waals surface area contributed by atoms with Gasteiger partial charge in [-0.05, 0) is 12.1 Å². The molecule has 1 amide bonds. The Morgan fingerprint density at radius 1 is 1.44 bits per heavy atom. The summed E-state index contributed by atoms with van der Waals surface area (Å²) < 4.78 is 0. The molecule has 1 heterocycles. The zero-order chi connectivity index (χ0) is 13.1. The number of nitrogens with zero attached hydrogens (tertiary/aromatic N) is 2. The molecule has 2 rings (SSSR count). The van der Waals surface area contributed by atoms with Crippen molar-refractivity contribution in [1.82, 2.24) is 10.2 Å². The maximum absolute atomic E-state index is 10.9. The van der Waals surface area contributed by atoms with Crippen LogP contribution in [0.3, 0.4) is 0 Å². The fraction of sp³-hybridized carbons (Fsp3) is 0.0833. The second-order valence-electron chi connectivity index (χ2n) is 3.73. The number of aromatic nitrogens is 2. The average molecular weight is 241 g/mol. The number of carbonyl (C=O) groups excluding carboxylic acids is 1. The average Bonchev–Trinajstić information content (AvgIpc) is 2.70. The number of anilines is 2. The Kier molecular flexibility index (Phi) is 2.98. The fourth-order valence-corrected chi connectivity index (χ4v) is 1.59. The molecule has 0 bridgehead atoms. The molecule has 4 N–H and O–H groups in total. The SMILES string of the molecule is CC(=O)Nc1ccc(-c2n[nH]c(N)c2C#N)cc1. The molecule has 0 saturated carbocycles. The molecule has 0 aliphatic heterocycles. The lowest BCUT2D eigenvalue weighted by Crippen LogP contribution is -2.05. The van der Waals surface area contributed by atoms with Gasteiger partial charge in [-0.1, -0.05) is 12.1 Å². The van der Waals surface area contributed by atoms with Crippen LogP contribution in [0.1, 0.15) is 12.5 Å². The van der Waals surface area contributed by atoms with Gasteiger partial charge in [0.2, 0.25) is 5.91 Å². The summed E-state index contributed by atoms with van der Waals surface area (Å²) in [6.07, 6.45) is 0. The van der Waals surface area contributed by atoms with E-state index in [1.165, 1.54) is 6.92 Å². The van der Waals surface area contributed by atoms with E-state index in [-0.39, 0.29) is 11.7 Å². The third-order valence-corrected chi connectivity index (χ3v) is 2.38. The second kappa shape index (κ2) is 4.59. The van der Waals surface area contributed by atoms with Gasteiger partial charge in [-0.3, -0.25) is 9.89 Å². The van der Waals surface area contributed by atoms with Gasteiger partial charge in [0, 0.05) is 18.2 Å². The third kappa shape index (κ3) is 2.15. The van der Waals surface area contributed by atoms with E-state index in [1.54, 1.807) is 24.3 Å². The highest BCUT2D eigenvalue weighted by Gasteiger charge is 2.12. The molecule has 2 aromatic rings. The van der Waals surface area contributed by atoms with Crippen molar-refractivity contribution in [3.63, 3.8) is 0 Å². The number of nitrogens with one attached hydrogen (secondary N) is 2. The van der Waals surface area contributed by atoms with Gasteiger partial charge in [0.15, 0.2) is 0 Å². The van der Waals surface area contributed by atoms with Crippen LogP contribution in [-0.4, -0.2) is 16.1 Å². The first-order chi connectivity index (χ1) is 8.61. The number of nitrogens with two attached hydrogens (primary N) is 1. The highest BCUT2D eigenvalue weighted by molar-refractivity contribution is 5.89. The molecule has 0 aliphatic rings. The van der Waals surface area contributed by atoms with Gasteiger partial charge < -0.3 is 11.1 Å². The van der Waals surface area contributed by atoms with Gasteiger partial charge in [-0.25, -0.2) is 0 Å². The summed E-state index contributed by atoms with van der Waals surface area (Å²) in [5.41, 5.74) is 7.86. The van der Waals surface area contributed by atoms with E-state index in [4.69, 9.17) is 11.0 Å². The summed E-state index contributed by atoms with van der Waals surface area (Å²) in [5.74, 6) is 0.114. The van der Waals surface area contributed by atoms with E-state index in [0.29, 0.717) is 16.9 Å². The standard InChI is InChI=1S/C12H11N5O/c1-7(18)15-9-4-2-8(3-5-9)11-10(6-13)12(14)17-16-11/h2-5H,1H3,(H,15,18)(H3,14,16,17). The Bertz CT molecular complexity index is 621. The van der Waals surface area contributed by atoms with E-state index in [9.17, 15) is 4.79 Å². The second-order valence-corrected chi connectivity index (χ2v) is 3.73. The first-order valence-corrected chi connectivity index (χ1v) is 5.23. The van der Waals surface area contributed by atoms with Crippen LogP contribution in [0.4, 0.5) is 11.5 Å². The van der Waals surface area contributed by atoms with Crippen LogP contribution in [0.15, 0.2) is 24.3 Å². The summed E-state index contributed by atoms with van der Waals surface area (Å²) in [6, 6.07) is 9.01. The lowest BCUT2D eigenvalue weighted by Gasteiger charge is -2.03. The van der Waals surface area contributed by atoms with Crippen molar-refractivity contribution < 1.29 is 4.79 Å². The molecule has 1 aromatic heterocycles. The van der Waals surface area contributed by atoms with Crippen molar-refractivity contribution in [3.05, 3.63) is 29.8 Å². The Hall–Kier alpha value is -2.81. The predicted molar refractivity (Wildman–Crippen MR) is 67.5 cm³/mol. The number of nitrogen functional groups attached to an aromatic ring is 1. The third-order valence-electron chi connectivity index (χ3n) is 2.38. The Labute approximate surface area is 103 Å². The Morgan fingerprint density at radius 3 is 2.67 bits per heavy atom. The Balaban J connectivity index is 2.35. The van der Waals surface area contributed by atoms with Crippen molar-refractivity contribution in [2.75, 3.05) is 11.1 Å². The van der Waals surface area contributed by atoms with Gasteiger partial charge in [0.25, 0.3) is 0 Å². The van der Waals surface area contributed by atoms with E-state index in [1.807, 2.05) is 6.07 Å². The number of hydrogen-bond acceptors (Lipinski definition) is 4. The Morgan fingerprint density at radius 2 is 2.11 bits per heavy atom. The molecule has 0 atom stereocenters. The number of rotatable bonds is 2. The zero-order valence-electron chi connectivity index (χ0n) is 9.69. The minimum Gasteiger partial charge on any atom is -0.383 e. The van der Waals surface area contributed by atoms with Gasteiger partial charge in [-0.2, -0.15) is 10.4 Å². The van der Waals surface area contributed by atoms with Crippen LogP contribution in [0.5, 0.6) is 0 Å². The first kappa shape index (κ1) is 11.7. The molecule has 6 nitrogen and oxygen atoms in total. The number of carbonyl (C=O) groups is 1. The molecule has 0 aliphatic carbocycles. The zero-order valence-corrected chi connectivity index (χ0v) is 9.69. The fourth-order valence-electron chi connectivity index (χ4n) is 1.59. The summed E-state index contributed by atoms with van der Waals surface area (Å²) in [7, 11) is 0. The van der Waals surface area contributed by atoms with Crippen molar-refractivity contribution in [2.45, 2.75) is 6.92 Å². The van der Waals surface area contributed by atoms with E-state index >= 15 is 0 Å². The quantitative estimate of drug-likeness (QED) is 0.740. The van der Waals surface area contributed by atoms with Crippen LogP contribution in [0.25, 0.3) is 11.3 Å². The number of nitriles is 1. The lowest BCUT2D eigenvalue weighted by molar-refractivity contribution is -0.114. The molecule has 0 spiro atoms. The summed E-state index contributed by atoms with van der Waals surface area (Å²) >= 11 is 0. The molecule has 0 fully saturated rings. The molecular formula is C12H11N5O. The van der Waals surface area contributed by atoms with Crippen LogP contribution in [-0.2, 0) is 4.79 Å². The number of benzene rings is 1. The van der Waals surface area contributed by atoms with Crippen LogP contribution >= 0.6 is 0 Å². The van der Waals surface area contributed by atoms with Gasteiger partial charge >= 0.3 is 0 Å². The summed E-state index contributed by atoms with van der Waals surface area (Å²) in [4.78, 5) is 10.9. The molecule has 6 heteroatoms. The minimum atomic E-state index is -0.135. The van der Waals surface area contributed by atoms with E-state index in [2.05, 4.69) is 15.5 Å². The normalized spacial score (nSPS) is 9.78. The number of amides is 1. The lowest BCUT2D eigenvalue weighted by atomic mass is 10.1. The minimum absolute atomic E-state index is 0.135. The molecule has 0 saturated heterocycles. The predicted octanol–water partition coefficient (Wildman–Crippen LogP) is 1.49. The number of hydrogen-bond donors (Lipinski definition) is 3. The number of aromatic amines is 1. The van der Waals surface area contributed by atoms with E-state index < -0.39 is 0 Å². The van der Waals surface area contributed by atoms with Gasteiger partial charge in [-0.15, -0.1) is 0 Å². The van der Waals surface area contributed by atoms with Gasteiger partial charge in [0.1, 0.15) is 23.1 Å². The molecule has 0 radical (unpaired) electrons. The van der Waals surface area contributed by atoms with E-state index in [0.717, 1.165) is 5.56 Å². The molecule has 1 aromatic carbocycles. The maximum Gasteiger partial charge on any atom is 0.221 e. The van der Waals surface area contributed by atoms with Crippen LogP contribution < -0.4 is 11.1 Å². The summed E-state index contributed by atoms with van der Waals surface area (Å²) in [5, 5.41) is 18.2. The highest BCUT2D eigenvalue weighted by Crippen LogP contribution is 2.25. The topological polar surface area (TPSA) is 108 Å². The smallest absolute Gasteiger partial charge is 0.221 e. The van der Waals surface area contributed by atoms with Crippen molar-refractivity contribution in [2.24, 2.45) is 0 Å². The summed E-state index contributed by atoms with van der Waals surface area (Å²) in [6.45, 7) is 1.44. The molecule has 90 valence electrons. The number of H-pyrrole nitrogens is 1. The molecular weight excluding hydrogens is 230 g/mol. The monoisotopic (exact) mass is 241 g/mol. The van der Waals surface area contributed by atoms with Crippen LogP contribution in [0.2, 0.25) is 0 Å². The molecule has 18 heavy (non-hydrogen) atoms. The van der Waals surface area contributed by atoms with Crippen LogP contribution in [0, 0.1) is 11.3 Å². The van der Waals surface area contributed by atoms with Crippen molar-refractivity contribution >= 4 is 17.4 Å². The first-order valence-electron chi connectivity index (χ1n) is 5.23. The molecule has 0 unspecified atom stereocenters. The van der Waals surface area contributed by atoms with Crippen molar-refractivity contribution in [1.29, 1.82) is 5.26 Å². The largest absolute Gasteiger partial charge is 0.383 e. The van der Waals surface area contributed by atoms with Crippen molar-refractivity contribution in [3.8, 4) is 17.3 Å².